The largest absolute Gasteiger partial charge is 0.508 e. The number of hydrogen-bond donors (Lipinski definition) is 2. The summed E-state index contributed by atoms with van der Waals surface area (Å²) in [6, 6.07) is 5.79. The fourth-order valence-corrected chi connectivity index (χ4v) is 1.70. The van der Waals surface area contributed by atoms with Crippen LogP contribution < -0.4 is 5.32 Å². The number of benzene rings is 1. The molecule has 0 radical (unpaired) electrons. The molecule has 0 aliphatic heterocycles. The van der Waals surface area contributed by atoms with E-state index >= 15 is 0 Å². The molecule has 0 aliphatic carbocycles. The maximum atomic E-state index is 9.78. The third-order valence-corrected chi connectivity index (χ3v) is 2.65. The normalized spacial score (nSPS) is 13.0. The van der Waals surface area contributed by atoms with Crippen molar-refractivity contribution in [2.24, 2.45) is 0 Å². The Morgan fingerprint density at radius 2 is 2.00 bits per heavy atom. The average molecular weight is 237 g/mol. The summed E-state index contributed by atoms with van der Waals surface area (Å²) in [5.41, 5.74) is 2.10. The van der Waals surface area contributed by atoms with Crippen LogP contribution in [-0.4, -0.2) is 24.4 Å². The Bertz CT molecular complexity index is 350. The number of aryl methyl sites for hydroxylation is 1. The van der Waals surface area contributed by atoms with Crippen LogP contribution in [0.25, 0.3) is 0 Å². The summed E-state index contributed by atoms with van der Waals surface area (Å²) in [6.07, 6.45) is 0.263. The van der Waals surface area contributed by atoms with Crippen LogP contribution in [0.15, 0.2) is 18.2 Å². The van der Waals surface area contributed by atoms with Crippen molar-refractivity contribution in [3.63, 3.8) is 0 Å². The van der Waals surface area contributed by atoms with E-state index < -0.39 is 0 Å². The van der Waals surface area contributed by atoms with Gasteiger partial charge in [0.1, 0.15) is 5.75 Å². The maximum Gasteiger partial charge on any atom is 0.120 e. The Balaban J connectivity index is 2.46. The van der Waals surface area contributed by atoms with E-state index in [1.54, 1.807) is 6.07 Å². The minimum absolute atomic E-state index is 0.130. The van der Waals surface area contributed by atoms with Gasteiger partial charge in [0.2, 0.25) is 0 Å². The summed E-state index contributed by atoms with van der Waals surface area (Å²) >= 11 is 0. The van der Waals surface area contributed by atoms with Crippen molar-refractivity contribution in [3.05, 3.63) is 29.3 Å². The average Bonchev–Trinajstić information content (AvgIpc) is 2.27. The molecule has 0 heterocycles. The van der Waals surface area contributed by atoms with Crippen LogP contribution in [-0.2, 0) is 4.74 Å². The number of ether oxygens (including phenoxy) is 1. The number of rotatable bonds is 6. The molecule has 1 aromatic rings. The molecular formula is C14H23NO2. The van der Waals surface area contributed by atoms with Crippen molar-refractivity contribution in [3.8, 4) is 5.75 Å². The molecule has 1 rings (SSSR count). The van der Waals surface area contributed by atoms with Gasteiger partial charge in [-0.05, 0) is 33.8 Å². The summed E-state index contributed by atoms with van der Waals surface area (Å²) in [7, 11) is 0. The van der Waals surface area contributed by atoms with Crippen molar-refractivity contribution >= 4 is 0 Å². The lowest BCUT2D eigenvalue weighted by atomic mass is 10.0. The van der Waals surface area contributed by atoms with Crippen molar-refractivity contribution < 1.29 is 9.84 Å². The topological polar surface area (TPSA) is 41.5 Å². The predicted octanol–water partition coefficient (Wildman–Crippen LogP) is 2.78. The Morgan fingerprint density at radius 1 is 1.29 bits per heavy atom. The summed E-state index contributed by atoms with van der Waals surface area (Å²) in [5.74, 6) is 0.348. The summed E-state index contributed by atoms with van der Waals surface area (Å²) in [5, 5.41) is 13.1. The van der Waals surface area contributed by atoms with Gasteiger partial charge in [-0.3, -0.25) is 0 Å². The summed E-state index contributed by atoms with van der Waals surface area (Å²) < 4.78 is 5.46. The second-order valence-corrected chi connectivity index (χ2v) is 4.66. The predicted molar refractivity (Wildman–Crippen MR) is 70.3 cm³/mol. The van der Waals surface area contributed by atoms with Gasteiger partial charge in [-0.15, -0.1) is 0 Å². The number of phenolic OH excluding ortho intramolecular Hbond substituents is 1. The zero-order valence-corrected chi connectivity index (χ0v) is 11.2. The third kappa shape index (κ3) is 4.75. The number of nitrogens with one attached hydrogen (secondary N) is 1. The molecule has 0 aromatic heterocycles. The Hall–Kier alpha value is -1.06. The quantitative estimate of drug-likeness (QED) is 0.748. The summed E-state index contributed by atoms with van der Waals surface area (Å²) in [4.78, 5) is 0. The second-order valence-electron chi connectivity index (χ2n) is 4.66. The molecule has 0 aliphatic rings. The highest BCUT2D eigenvalue weighted by molar-refractivity contribution is 5.37. The molecule has 3 heteroatoms. The van der Waals surface area contributed by atoms with Gasteiger partial charge in [0, 0.05) is 18.2 Å². The standard InChI is InChI=1S/C14H23NO2/c1-10(2)17-8-7-15-12(4)13-9-11(3)5-6-14(13)16/h5-6,9-10,12,15-16H,7-8H2,1-4H3. The fraction of sp³-hybridized carbons (Fsp3) is 0.571. The van der Waals surface area contributed by atoms with Crippen LogP contribution >= 0.6 is 0 Å². The van der Waals surface area contributed by atoms with Gasteiger partial charge in [0.25, 0.3) is 0 Å². The van der Waals surface area contributed by atoms with Gasteiger partial charge < -0.3 is 15.2 Å². The van der Waals surface area contributed by atoms with Crippen LogP contribution in [0.5, 0.6) is 5.75 Å². The van der Waals surface area contributed by atoms with Crippen LogP contribution in [0.2, 0.25) is 0 Å². The third-order valence-electron chi connectivity index (χ3n) is 2.65. The first kappa shape index (κ1) is 14.0. The van der Waals surface area contributed by atoms with E-state index in [4.69, 9.17) is 4.74 Å². The van der Waals surface area contributed by atoms with E-state index in [-0.39, 0.29) is 12.1 Å². The molecule has 1 aromatic carbocycles. The van der Waals surface area contributed by atoms with Gasteiger partial charge in [-0.1, -0.05) is 17.7 Å². The van der Waals surface area contributed by atoms with E-state index in [1.165, 1.54) is 0 Å². The van der Waals surface area contributed by atoms with Crippen LogP contribution in [0.1, 0.15) is 37.9 Å². The van der Waals surface area contributed by atoms with Crippen molar-refractivity contribution in [1.82, 2.24) is 5.32 Å². The van der Waals surface area contributed by atoms with Gasteiger partial charge in [-0.25, -0.2) is 0 Å². The van der Waals surface area contributed by atoms with Gasteiger partial charge in [0.15, 0.2) is 0 Å². The van der Waals surface area contributed by atoms with Gasteiger partial charge in [-0.2, -0.15) is 0 Å². The minimum atomic E-state index is 0.130. The lowest BCUT2D eigenvalue weighted by Gasteiger charge is -2.17. The van der Waals surface area contributed by atoms with E-state index in [1.807, 2.05) is 39.8 Å². The number of aromatic hydroxyl groups is 1. The number of phenols is 1. The zero-order valence-electron chi connectivity index (χ0n) is 11.2. The molecule has 0 saturated carbocycles. The molecule has 17 heavy (non-hydrogen) atoms. The molecule has 3 nitrogen and oxygen atoms in total. The molecule has 0 spiro atoms. The lowest BCUT2D eigenvalue weighted by Crippen LogP contribution is -2.24. The van der Waals surface area contributed by atoms with Crippen LogP contribution in [0.3, 0.4) is 0 Å². The molecule has 96 valence electrons. The van der Waals surface area contributed by atoms with Crippen LogP contribution in [0.4, 0.5) is 0 Å². The first-order chi connectivity index (χ1) is 8.00. The highest BCUT2D eigenvalue weighted by Gasteiger charge is 2.09. The molecule has 0 amide bonds. The molecule has 0 bridgehead atoms. The Labute approximate surface area is 104 Å². The molecule has 0 fully saturated rings. The molecular weight excluding hydrogens is 214 g/mol. The monoisotopic (exact) mass is 237 g/mol. The molecule has 1 atom stereocenters. The van der Waals surface area contributed by atoms with Gasteiger partial charge in [0.05, 0.1) is 12.7 Å². The second kappa shape index (κ2) is 6.62. The van der Waals surface area contributed by atoms with E-state index in [0.29, 0.717) is 12.4 Å². The SMILES string of the molecule is Cc1ccc(O)c(C(C)NCCOC(C)C)c1. The Morgan fingerprint density at radius 3 is 2.65 bits per heavy atom. The minimum Gasteiger partial charge on any atom is -0.508 e. The maximum absolute atomic E-state index is 9.78. The van der Waals surface area contributed by atoms with Crippen molar-refractivity contribution in [1.29, 1.82) is 0 Å². The van der Waals surface area contributed by atoms with E-state index in [2.05, 4.69) is 5.32 Å². The molecule has 1 unspecified atom stereocenters. The highest BCUT2D eigenvalue weighted by atomic mass is 16.5. The highest BCUT2D eigenvalue weighted by Crippen LogP contribution is 2.24. The summed E-state index contributed by atoms with van der Waals surface area (Å²) in [6.45, 7) is 9.59. The first-order valence-electron chi connectivity index (χ1n) is 6.15. The van der Waals surface area contributed by atoms with Gasteiger partial charge >= 0.3 is 0 Å². The smallest absolute Gasteiger partial charge is 0.120 e. The first-order valence-corrected chi connectivity index (χ1v) is 6.15. The zero-order chi connectivity index (χ0) is 12.8. The molecule has 2 N–H and O–H groups in total. The van der Waals surface area contributed by atoms with Crippen molar-refractivity contribution in [2.75, 3.05) is 13.2 Å². The molecule has 0 saturated heterocycles. The van der Waals surface area contributed by atoms with E-state index in [9.17, 15) is 5.11 Å². The van der Waals surface area contributed by atoms with Crippen molar-refractivity contribution in [2.45, 2.75) is 39.8 Å². The number of hydrogen-bond acceptors (Lipinski definition) is 3. The fourth-order valence-electron chi connectivity index (χ4n) is 1.70. The Kier molecular flexibility index (Phi) is 5.45. The van der Waals surface area contributed by atoms with Crippen LogP contribution in [0, 0.1) is 6.92 Å². The lowest BCUT2D eigenvalue weighted by molar-refractivity contribution is 0.0796. The van der Waals surface area contributed by atoms with E-state index in [0.717, 1.165) is 17.7 Å².